The molecule has 0 N–H and O–H groups in total. The lowest BCUT2D eigenvalue weighted by atomic mass is 10.2. The van der Waals surface area contributed by atoms with Crippen molar-refractivity contribution >= 4 is 8.80 Å². The highest BCUT2D eigenvalue weighted by Gasteiger charge is 2.40. The zero-order valence-electron chi connectivity index (χ0n) is 15.8. The third-order valence-corrected chi connectivity index (χ3v) is 8.02. The summed E-state index contributed by atoms with van der Waals surface area (Å²) in [6.45, 7) is 21.4. The van der Waals surface area contributed by atoms with E-state index >= 15 is 0 Å². The Bertz CT molecular complexity index is 250. The minimum absolute atomic E-state index is 0.268. The molecule has 0 spiro atoms. The van der Waals surface area contributed by atoms with Gasteiger partial charge in [-0.2, -0.15) is 0 Å². The maximum atomic E-state index is 2.79. The molecule has 0 aliphatic carbocycles. The van der Waals surface area contributed by atoms with Gasteiger partial charge < -0.3 is 0 Å². The number of hydrogen-bond donors (Lipinski definition) is 0. The SMILES string of the molecule is CC=C[SiH](C)C(C)(N(CCC)CCC)N(CCC)CCC. The van der Waals surface area contributed by atoms with Gasteiger partial charge >= 0.3 is 0 Å². The third-order valence-electron chi connectivity index (χ3n) is 4.60. The second-order valence-electron chi connectivity index (χ2n) is 6.38. The number of allylic oxidation sites excluding steroid dienone is 1. The van der Waals surface area contributed by atoms with E-state index in [1.165, 1.54) is 51.9 Å². The molecule has 21 heavy (non-hydrogen) atoms. The summed E-state index contributed by atoms with van der Waals surface area (Å²) < 4.78 is 0. The lowest BCUT2D eigenvalue weighted by molar-refractivity contribution is 0.0132. The van der Waals surface area contributed by atoms with E-state index in [4.69, 9.17) is 0 Å². The van der Waals surface area contributed by atoms with Crippen LogP contribution in [-0.2, 0) is 0 Å². The molecular weight excluding hydrogens is 272 g/mol. The van der Waals surface area contributed by atoms with Gasteiger partial charge in [-0.05, 0) is 65.7 Å². The van der Waals surface area contributed by atoms with Crippen molar-refractivity contribution in [2.45, 2.75) is 79.1 Å². The highest BCUT2D eigenvalue weighted by Crippen LogP contribution is 2.26. The summed E-state index contributed by atoms with van der Waals surface area (Å²) in [4.78, 5) is 5.57. The highest BCUT2D eigenvalue weighted by molar-refractivity contribution is 6.66. The average Bonchev–Trinajstić information content (AvgIpc) is 2.46. The number of nitrogens with zero attached hydrogens (tertiary/aromatic N) is 2. The Hall–Kier alpha value is -0.123. The normalized spacial score (nSPS) is 14.5. The molecule has 0 aliphatic heterocycles. The first-order valence-corrected chi connectivity index (χ1v) is 11.5. The Labute approximate surface area is 136 Å². The molecule has 1 unspecified atom stereocenters. The molecule has 3 heteroatoms. The molecule has 0 rings (SSSR count). The topological polar surface area (TPSA) is 6.48 Å². The Morgan fingerprint density at radius 1 is 0.810 bits per heavy atom. The van der Waals surface area contributed by atoms with Crippen molar-refractivity contribution in [3.8, 4) is 0 Å². The van der Waals surface area contributed by atoms with Crippen LogP contribution in [-0.4, -0.2) is 50.1 Å². The van der Waals surface area contributed by atoms with Gasteiger partial charge in [0.2, 0.25) is 0 Å². The van der Waals surface area contributed by atoms with E-state index in [0.29, 0.717) is 0 Å². The molecule has 0 aromatic rings. The quantitative estimate of drug-likeness (QED) is 0.388. The maximum absolute atomic E-state index is 2.79. The van der Waals surface area contributed by atoms with Gasteiger partial charge in [-0.3, -0.25) is 9.80 Å². The molecule has 126 valence electrons. The van der Waals surface area contributed by atoms with Crippen molar-refractivity contribution in [2.24, 2.45) is 0 Å². The fourth-order valence-electron chi connectivity index (χ4n) is 3.46. The summed E-state index contributed by atoms with van der Waals surface area (Å²) in [6.07, 6.45) is 7.27. The Kier molecular flexibility index (Phi) is 11.4. The molecule has 0 bridgehead atoms. The Balaban J connectivity index is 5.56. The Morgan fingerprint density at radius 3 is 1.38 bits per heavy atom. The van der Waals surface area contributed by atoms with E-state index in [1.54, 1.807) is 0 Å². The first-order valence-electron chi connectivity index (χ1n) is 9.15. The average molecular weight is 313 g/mol. The molecule has 0 aromatic carbocycles. The predicted octanol–water partition coefficient (Wildman–Crippen LogP) is 4.46. The second-order valence-corrected chi connectivity index (χ2v) is 9.44. The molecular formula is C18H40N2Si. The molecule has 0 amide bonds. The summed E-state index contributed by atoms with van der Waals surface area (Å²) in [5.41, 5.74) is 2.52. The van der Waals surface area contributed by atoms with Crippen LogP contribution in [0.15, 0.2) is 11.8 Å². The molecule has 2 nitrogen and oxygen atoms in total. The van der Waals surface area contributed by atoms with E-state index < -0.39 is 8.80 Å². The lowest BCUT2D eigenvalue weighted by Crippen LogP contribution is -2.66. The summed E-state index contributed by atoms with van der Waals surface area (Å²) in [5, 5.41) is 0.268. The lowest BCUT2D eigenvalue weighted by Gasteiger charge is -2.52. The van der Waals surface area contributed by atoms with Crippen LogP contribution < -0.4 is 0 Å². The first kappa shape index (κ1) is 20.9. The third kappa shape index (κ3) is 5.88. The van der Waals surface area contributed by atoms with Crippen LogP contribution in [0, 0.1) is 0 Å². The van der Waals surface area contributed by atoms with E-state index in [9.17, 15) is 0 Å². The van der Waals surface area contributed by atoms with E-state index in [2.05, 4.69) is 69.7 Å². The molecule has 0 aromatic heterocycles. The van der Waals surface area contributed by atoms with Gasteiger partial charge in [0.1, 0.15) is 0 Å². The second kappa shape index (κ2) is 11.4. The zero-order chi connectivity index (χ0) is 16.3. The molecule has 0 saturated heterocycles. The molecule has 0 aliphatic rings. The van der Waals surface area contributed by atoms with E-state index in [-0.39, 0.29) is 5.29 Å². The number of hydrogen-bond acceptors (Lipinski definition) is 2. The first-order chi connectivity index (χ1) is 10.0. The zero-order valence-corrected chi connectivity index (χ0v) is 16.9. The summed E-state index contributed by atoms with van der Waals surface area (Å²) in [6, 6.07) is 0. The van der Waals surface area contributed by atoms with Crippen molar-refractivity contribution in [3.63, 3.8) is 0 Å². The minimum Gasteiger partial charge on any atom is -0.288 e. The molecule has 0 fully saturated rings. The largest absolute Gasteiger partial charge is 0.288 e. The summed E-state index contributed by atoms with van der Waals surface area (Å²) in [7, 11) is -1.00. The van der Waals surface area contributed by atoms with Crippen molar-refractivity contribution in [1.82, 2.24) is 9.80 Å². The van der Waals surface area contributed by atoms with Crippen molar-refractivity contribution < 1.29 is 0 Å². The van der Waals surface area contributed by atoms with Crippen molar-refractivity contribution in [3.05, 3.63) is 11.8 Å². The standard InChI is InChI=1S/C18H40N2Si/c1-8-13-19(14-9-2)18(6,21(7)17-12-5)20(15-10-3)16-11-4/h12,17,21H,8-11,13-16H2,1-7H3. The van der Waals surface area contributed by atoms with E-state index in [1.807, 2.05) is 0 Å². The van der Waals surface area contributed by atoms with Crippen molar-refractivity contribution in [1.29, 1.82) is 0 Å². The van der Waals surface area contributed by atoms with Crippen LogP contribution in [0.1, 0.15) is 67.2 Å². The molecule has 0 radical (unpaired) electrons. The van der Waals surface area contributed by atoms with Crippen LogP contribution in [0.2, 0.25) is 6.55 Å². The van der Waals surface area contributed by atoms with Gasteiger partial charge in [0, 0.05) is 0 Å². The van der Waals surface area contributed by atoms with Gasteiger partial charge in [-0.1, -0.05) is 46.0 Å². The smallest absolute Gasteiger partial charge is 0.0988 e. The number of rotatable bonds is 12. The van der Waals surface area contributed by atoms with Gasteiger partial charge in [0.05, 0.1) is 14.1 Å². The van der Waals surface area contributed by atoms with Crippen LogP contribution >= 0.6 is 0 Å². The van der Waals surface area contributed by atoms with Crippen LogP contribution in [0.4, 0.5) is 0 Å². The van der Waals surface area contributed by atoms with Gasteiger partial charge in [-0.25, -0.2) is 0 Å². The van der Waals surface area contributed by atoms with Crippen LogP contribution in [0.25, 0.3) is 0 Å². The molecule has 0 saturated carbocycles. The Morgan fingerprint density at radius 2 is 1.14 bits per heavy atom. The van der Waals surface area contributed by atoms with Gasteiger partial charge in [-0.15, -0.1) is 0 Å². The molecule has 1 atom stereocenters. The summed E-state index contributed by atoms with van der Waals surface area (Å²) in [5.74, 6) is 0. The fraction of sp³-hybridized carbons (Fsp3) is 0.889. The van der Waals surface area contributed by atoms with Gasteiger partial charge in [0.15, 0.2) is 0 Å². The van der Waals surface area contributed by atoms with Crippen LogP contribution in [0.5, 0.6) is 0 Å². The highest BCUT2D eigenvalue weighted by atomic mass is 28.3. The maximum Gasteiger partial charge on any atom is 0.0988 e. The van der Waals surface area contributed by atoms with Gasteiger partial charge in [0.25, 0.3) is 0 Å². The summed E-state index contributed by atoms with van der Waals surface area (Å²) >= 11 is 0. The van der Waals surface area contributed by atoms with Crippen molar-refractivity contribution in [2.75, 3.05) is 26.2 Å². The monoisotopic (exact) mass is 312 g/mol. The fourth-order valence-corrected chi connectivity index (χ4v) is 6.07. The predicted molar refractivity (Wildman–Crippen MR) is 101 cm³/mol. The molecule has 0 heterocycles. The van der Waals surface area contributed by atoms with Crippen LogP contribution in [0.3, 0.4) is 0 Å². The van der Waals surface area contributed by atoms with E-state index in [0.717, 1.165) is 0 Å². The minimum atomic E-state index is -1.00.